The van der Waals surface area contributed by atoms with Crippen LogP contribution in [-0.4, -0.2) is 55.7 Å². The summed E-state index contributed by atoms with van der Waals surface area (Å²) >= 11 is 0. The lowest BCUT2D eigenvalue weighted by Gasteiger charge is -2.32. The highest BCUT2D eigenvalue weighted by Gasteiger charge is 2.29. The fourth-order valence-corrected chi connectivity index (χ4v) is 2.05. The molecule has 0 aromatic heterocycles. The van der Waals surface area contributed by atoms with Crippen LogP contribution in [0.15, 0.2) is 11.6 Å². The Morgan fingerprint density at radius 1 is 1.27 bits per heavy atom. The minimum atomic E-state index is -0.743. The lowest BCUT2D eigenvalue weighted by molar-refractivity contribution is -0.139. The minimum absolute atomic E-state index is 0.128. The molecule has 0 aliphatic heterocycles. The number of carbonyl (C=O) groups excluding carboxylic acids is 2. The Labute approximate surface area is 133 Å². The molecule has 3 atom stereocenters. The van der Waals surface area contributed by atoms with Crippen molar-refractivity contribution in [3.63, 3.8) is 0 Å². The standard InChI is InChI=1S/C16H30N2O4/c1-8-22-16(20)11(4)9-13(10(2)3)18(6)15(19)14(17)12(5)21-7/h9-10,12-14H,8,17H2,1-7H3/t12?,13-,14+/m1/s1. The van der Waals surface area contributed by atoms with E-state index in [0.29, 0.717) is 12.2 Å². The largest absolute Gasteiger partial charge is 0.463 e. The second-order valence-electron chi connectivity index (χ2n) is 5.72. The number of hydrogen-bond acceptors (Lipinski definition) is 5. The molecular formula is C16H30N2O4. The summed E-state index contributed by atoms with van der Waals surface area (Å²) in [6.07, 6.45) is 1.38. The molecular weight excluding hydrogens is 284 g/mol. The van der Waals surface area contributed by atoms with Crippen LogP contribution in [0.25, 0.3) is 0 Å². The first-order chi connectivity index (χ1) is 10.2. The van der Waals surface area contributed by atoms with E-state index >= 15 is 0 Å². The molecule has 0 aromatic rings. The number of esters is 1. The Kier molecular flexibility index (Phi) is 8.97. The van der Waals surface area contributed by atoms with Gasteiger partial charge >= 0.3 is 5.97 Å². The van der Waals surface area contributed by atoms with E-state index in [1.807, 2.05) is 13.8 Å². The topological polar surface area (TPSA) is 81.9 Å². The van der Waals surface area contributed by atoms with Gasteiger partial charge in [0.25, 0.3) is 0 Å². The summed E-state index contributed by atoms with van der Waals surface area (Å²) in [5.74, 6) is -0.465. The van der Waals surface area contributed by atoms with Gasteiger partial charge in [-0.05, 0) is 26.7 Å². The third-order valence-corrected chi connectivity index (χ3v) is 3.66. The van der Waals surface area contributed by atoms with Gasteiger partial charge in [0.1, 0.15) is 6.04 Å². The number of amides is 1. The van der Waals surface area contributed by atoms with Gasteiger partial charge in [-0.1, -0.05) is 19.9 Å². The van der Waals surface area contributed by atoms with E-state index in [1.165, 1.54) is 7.11 Å². The van der Waals surface area contributed by atoms with E-state index < -0.39 is 6.04 Å². The van der Waals surface area contributed by atoms with Crippen molar-refractivity contribution in [2.45, 2.75) is 52.8 Å². The Hall–Kier alpha value is -1.40. The van der Waals surface area contributed by atoms with E-state index in [1.54, 1.807) is 38.8 Å². The van der Waals surface area contributed by atoms with Crippen molar-refractivity contribution >= 4 is 11.9 Å². The van der Waals surface area contributed by atoms with Crippen LogP contribution >= 0.6 is 0 Å². The molecule has 0 radical (unpaired) electrons. The van der Waals surface area contributed by atoms with Gasteiger partial charge in [0, 0.05) is 19.7 Å². The van der Waals surface area contributed by atoms with Gasteiger partial charge in [-0.3, -0.25) is 4.79 Å². The molecule has 6 heteroatoms. The normalized spacial score (nSPS) is 16.1. The third kappa shape index (κ3) is 5.77. The van der Waals surface area contributed by atoms with E-state index in [4.69, 9.17) is 15.2 Å². The lowest BCUT2D eigenvalue weighted by atomic mass is 9.99. The van der Waals surface area contributed by atoms with E-state index in [-0.39, 0.29) is 29.9 Å². The average molecular weight is 314 g/mol. The SMILES string of the molecule is CCOC(=O)C(C)=C[C@H](C(C)C)N(C)C(=O)[C@@H](N)C(C)OC. The van der Waals surface area contributed by atoms with E-state index in [9.17, 15) is 9.59 Å². The molecule has 0 saturated heterocycles. The number of carbonyl (C=O) groups is 2. The van der Waals surface area contributed by atoms with Crippen LogP contribution < -0.4 is 5.73 Å². The Balaban J connectivity index is 5.21. The highest BCUT2D eigenvalue weighted by Crippen LogP contribution is 2.15. The third-order valence-electron chi connectivity index (χ3n) is 3.66. The van der Waals surface area contributed by atoms with Crippen molar-refractivity contribution in [3.8, 4) is 0 Å². The second kappa shape index (κ2) is 9.58. The monoisotopic (exact) mass is 314 g/mol. The van der Waals surface area contributed by atoms with Crippen molar-refractivity contribution in [1.29, 1.82) is 0 Å². The molecule has 0 saturated carbocycles. The maximum absolute atomic E-state index is 12.4. The number of hydrogen-bond donors (Lipinski definition) is 1. The molecule has 128 valence electrons. The van der Waals surface area contributed by atoms with Gasteiger partial charge in [0.15, 0.2) is 0 Å². The quantitative estimate of drug-likeness (QED) is 0.540. The van der Waals surface area contributed by atoms with Crippen LogP contribution in [-0.2, 0) is 19.1 Å². The Bertz CT molecular complexity index is 407. The number of nitrogens with zero attached hydrogens (tertiary/aromatic N) is 1. The van der Waals surface area contributed by atoms with Crippen LogP contribution in [0, 0.1) is 5.92 Å². The predicted molar refractivity (Wildman–Crippen MR) is 86.2 cm³/mol. The molecule has 0 spiro atoms. The minimum Gasteiger partial charge on any atom is -0.463 e. The van der Waals surface area contributed by atoms with Crippen LogP contribution in [0.4, 0.5) is 0 Å². The smallest absolute Gasteiger partial charge is 0.333 e. The van der Waals surface area contributed by atoms with Crippen LogP contribution in [0.2, 0.25) is 0 Å². The summed E-state index contributed by atoms with van der Waals surface area (Å²) in [6.45, 7) is 9.47. The summed E-state index contributed by atoms with van der Waals surface area (Å²) in [4.78, 5) is 25.7. The molecule has 6 nitrogen and oxygen atoms in total. The molecule has 2 N–H and O–H groups in total. The number of likely N-dealkylation sites (N-methyl/N-ethyl adjacent to an activating group) is 1. The molecule has 0 bridgehead atoms. The summed E-state index contributed by atoms with van der Waals surface area (Å²) in [5, 5.41) is 0. The van der Waals surface area contributed by atoms with Crippen LogP contribution in [0.3, 0.4) is 0 Å². The zero-order chi connectivity index (χ0) is 17.4. The molecule has 0 heterocycles. The Morgan fingerprint density at radius 3 is 2.23 bits per heavy atom. The average Bonchev–Trinajstić information content (AvgIpc) is 2.49. The first-order valence-corrected chi connectivity index (χ1v) is 7.57. The van der Waals surface area contributed by atoms with E-state index in [2.05, 4.69) is 0 Å². The van der Waals surface area contributed by atoms with Gasteiger partial charge in [0.2, 0.25) is 5.91 Å². The van der Waals surface area contributed by atoms with Gasteiger partial charge in [-0.25, -0.2) is 4.79 Å². The maximum atomic E-state index is 12.4. The number of methoxy groups -OCH3 is 1. The molecule has 0 fully saturated rings. The highest BCUT2D eigenvalue weighted by atomic mass is 16.5. The molecule has 22 heavy (non-hydrogen) atoms. The second-order valence-corrected chi connectivity index (χ2v) is 5.72. The fourth-order valence-electron chi connectivity index (χ4n) is 2.05. The maximum Gasteiger partial charge on any atom is 0.333 e. The van der Waals surface area contributed by atoms with Crippen molar-refractivity contribution in [3.05, 3.63) is 11.6 Å². The first kappa shape index (κ1) is 20.6. The first-order valence-electron chi connectivity index (χ1n) is 7.57. The number of nitrogens with two attached hydrogens (primary N) is 1. The van der Waals surface area contributed by atoms with Crippen molar-refractivity contribution < 1.29 is 19.1 Å². The summed E-state index contributed by atoms with van der Waals surface area (Å²) in [7, 11) is 3.20. The Morgan fingerprint density at radius 2 is 1.82 bits per heavy atom. The van der Waals surface area contributed by atoms with Crippen LogP contribution in [0.5, 0.6) is 0 Å². The van der Waals surface area contributed by atoms with Gasteiger partial charge in [-0.2, -0.15) is 0 Å². The van der Waals surface area contributed by atoms with E-state index in [0.717, 1.165) is 0 Å². The summed E-state index contributed by atoms with van der Waals surface area (Å²) in [5.41, 5.74) is 6.40. The van der Waals surface area contributed by atoms with Gasteiger partial charge in [0.05, 0.1) is 18.8 Å². The van der Waals surface area contributed by atoms with Crippen molar-refractivity contribution in [2.24, 2.45) is 11.7 Å². The van der Waals surface area contributed by atoms with Crippen molar-refractivity contribution in [1.82, 2.24) is 4.90 Å². The lowest BCUT2D eigenvalue weighted by Crippen LogP contribution is -2.52. The number of ether oxygens (including phenoxy) is 2. The van der Waals surface area contributed by atoms with Gasteiger partial charge in [-0.15, -0.1) is 0 Å². The zero-order valence-corrected chi connectivity index (χ0v) is 14.8. The predicted octanol–water partition coefficient (Wildman–Crippen LogP) is 1.34. The van der Waals surface area contributed by atoms with Crippen molar-refractivity contribution in [2.75, 3.05) is 20.8 Å². The molecule has 0 aliphatic carbocycles. The molecule has 1 amide bonds. The van der Waals surface area contributed by atoms with Crippen LogP contribution in [0.1, 0.15) is 34.6 Å². The summed E-state index contributed by atoms with van der Waals surface area (Å²) < 4.78 is 10.1. The van der Waals surface area contributed by atoms with Gasteiger partial charge < -0.3 is 20.1 Å². The highest BCUT2D eigenvalue weighted by molar-refractivity contribution is 5.88. The fraction of sp³-hybridized carbons (Fsp3) is 0.750. The zero-order valence-electron chi connectivity index (χ0n) is 14.8. The molecule has 0 aliphatic rings. The molecule has 0 rings (SSSR count). The molecule has 0 aromatic carbocycles. The number of rotatable bonds is 8. The molecule has 1 unspecified atom stereocenters. The summed E-state index contributed by atoms with van der Waals surface area (Å²) in [6, 6.07) is -0.987.